The molecule has 4 aromatic rings. The number of ether oxygens (including phenoxy) is 2. The summed E-state index contributed by atoms with van der Waals surface area (Å²) in [6.45, 7) is 0.132. The first-order chi connectivity index (χ1) is 17.9. The van der Waals surface area contributed by atoms with E-state index in [9.17, 15) is 14.7 Å². The molecule has 1 atom stereocenters. The summed E-state index contributed by atoms with van der Waals surface area (Å²) >= 11 is 0. The molecule has 5 rings (SSSR count). The molecule has 37 heavy (non-hydrogen) atoms. The average molecular weight is 501 g/mol. The Morgan fingerprint density at radius 1 is 1.00 bits per heavy atom. The number of amides is 1. The van der Waals surface area contributed by atoms with Crippen LogP contribution in [0.5, 0.6) is 11.5 Å². The van der Waals surface area contributed by atoms with Crippen LogP contribution in [0.3, 0.4) is 0 Å². The third-order valence-electron chi connectivity index (χ3n) is 6.70. The number of hydrogen-bond acceptors (Lipinski definition) is 5. The Morgan fingerprint density at radius 3 is 2.41 bits per heavy atom. The van der Waals surface area contributed by atoms with E-state index in [0.29, 0.717) is 23.5 Å². The summed E-state index contributed by atoms with van der Waals surface area (Å²) in [6.07, 6.45) is 2.24. The lowest BCUT2D eigenvalue weighted by atomic mass is 9.94. The van der Waals surface area contributed by atoms with Gasteiger partial charge in [-0.1, -0.05) is 18.2 Å². The number of benzene rings is 3. The van der Waals surface area contributed by atoms with E-state index in [4.69, 9.17) is 9.47 Å². The fourth-order valence-corrected chi connectivity index (χ4v) is 4.77. The molecule has 1 fully saturated rings. The Balaban J connectivity index is 1.56. The molecule has 1 aromatic heterocycles. The van der Waals surface area contributed by atoms with Crippen LogP contribution in [-0.4, -0.2) is 47.4 Å². The van der Waals surface area contributed by atoms with E-state index in [1.54, 1.807) is 37.4 Å². The number of aromatic nitrogens is 1. The number of nitrogens with zero attached hydrogens (tertiary/aromatic N) is 1. The molecule has 7 nitrogen and oxygen atoms in total. The third-order valence-corrected chi connectivity index (χ3v) is 6.70. The van der Waals surface area contributed by atoms with Crippen LogP contribution in [-0.2, 0) is 16.0 Å². The molecule has 1 saturated heterocycles. The van der Waals surface area contributed by atoms with Gasteiger partial charge in [0.1, 0.15) is 23.1 Å². The smallest absolute Gasteiger partial charge is 0.295 e. The maximum absolute atomic E-state index is 15.0. The molecule has 0 unspecified atom stereocenters. The van der Waals surface area contributed by atoms with E-state index in [1.807, 2.05) is 24.4 Å². The first-order valence-electron chi connectivity index (χ1n) is 11.7. The zero-order valence-corrected chi connectivity index (χ0v) is 20.3. The summed E-state index contributed by atoms with van der Waals surface area (Å²) in [5.74, 6) is -1.33. The van der Waals surface area contributed by atoms with Crippen LogP contribution >= 0.6 is 0 Å². The molecule has 1 aliphatic rings. The van der Waals surface area contributed by atoms with Gasteiger partial charge < -0.3 is 24.5 Å². The van der Waals surface area contributed by atoms with Crippen molar-refractivity contribution >= 4 is 28.4 Å². The number of aliphatic hydroxyl groups is 1. The van der Waals surface area contributed by atoms with Crippen molar-refractivity contribution in [2.45, 2.75) is 12.5 Å². The lowest BCUT2D eigenvalue weighted by Crippen LogP contribution is -2.32. The fraction of sp³-hybridized carbons (Fsp3) is 0.172. The van der Waals surface area contributed by atoms with Crippen LogP contribution in [0.1, 0.15) is 22.7 Å². The number of fused-ring (bicyclic) bond motifs is 1. The minimum atomic E-state index is -1.08. The number of aromatic amines is 1. The van der Waals surface area contributed by atoms with Gasteiger partial charge in [-0.3, -0.25) is 9.59 Å². The zero-order chi connectivity index (χ0) is 26.1. The van der Waals surface area contributed by atoms with Crippen molar-refractivity contribution in [1.29, 1.82) is 0 Å². The van der Waals surface area contributed by atoms with Gasteiger partial charge in [-0.15, -0.1) is 0 Å². The van der Waals surface area contributed by atoms with Crippen molar-refractivity contribution in [2.24, 2.45) is 0 Å². The molecule has 8 heteroatoms. The van der Waals surface area contributed by atoms with Gasteiger partial charge in [0.2, 0.25) is 0 Å². The number of aliphatic hydroxyl groups excluding tert-OH is 1. The number of H-pyrrole nitrogens is 1. The second-order valence-corrected chi connectivity index (χ2v) is 8.72. The lowest BCUT2D eigenvalue weighted by Gasteiger charge is -2.25. The number of carbonyl (C=O) groups is 2. The summed E-state index contributed by atoms with van der Waals surface area (Å²) in [7, 11) is 3.10. The SMILES string of the molecule is COc1ccc(C(O)=C2C(=O)C(=O)N(CCc3c[nH]c4ccc(OC)cc34)[C@@H]2c2ccccc2F)cc1. The zero-order valence-electron chi connectivity index (χ0n) is 20.3. The van der Waals surface area contributed by atoms with Gasteiger partial charge in [0.05, 0.1) is 25.8 Å². The molecule has 0 radical (unpaired) electrons. The Kier molecular flexibility index (Phi) is 6.40. The first-order valence-corrected chi connectivity index (χ1v) is 11.7. The number of carbonyl (C=O) groups excluding carboxylic acids is 2. The summed E-state index contributed by atoms with van der Waals surface area (Å²) < 4.78 is 25.5. The number of rotatable bonds is 7. The molecule has 2 N–H and O–H groups in total. The number of halogens is 1. The quantitative estimate of drug-likeness (QED) is 0.212. The lowest BCUT2D eigenvalue weighted by molar-refractivity contribution is -0.139. The summed E-state index contributed by atoms with van der Waals surface area (Å²) in [4.78, 5) is 31.0. The summed E-state index contributed by atoms with van der Waals surface area (Å²) in [6, 6.07) is 17.0. The van der Waals surface area contributed by atoms with Gasteiger partial charge in [-0.25, -0.2) is 4.39 Å². The minimum absolute atomic E-state index is 0.132. The number of hydrogen-bond donors (Lipinski definition) is 2. The van der Waals surface area contributed by atoms with Crippen LogP contribution in [0.15, 0.2) is 78.5 Å². The van der Waals surface area contributed by atoms with E-state index < -0.39 is 23.5 Å². The van der Waals surface area contributed by atoms with Crippen LogP contribution in [0.25, 0.3) is 16.7 Å². The fourth-order valence-electron chi connectivity index (χ4n) is 4.77. The largest absolute Gasteiger partial charge is 0.507 e. The van der Waals surface area contributed by atoms with Gasteiger partial charge >= 0.3 is 0 Å². The van der Waals surface area contributed by atoms with Crippen molar-refractivity contribution in [3.05, 3.63) is 101 Å². The molecule has 3 aromatic carbocycles. The van der Waals surface area contributed by atoms with Gasteiger partial charge in [-0.2, -0.15) is 0 Å². The Hall–Kier alpha value is -4.59. The van der Waals surface area contributed by atoms with Crippen molar-refractivity contribution in [3.8, 4) is 11.5 Å². The van der Waals surface area contributed by atoms with E-state index in [0.717, 1.165) is 16.5 Å². The molecule has 0 spiro atoms. The van der Waals surface area contributed by atoms with Gasteiger partial charge in [0.15, 0.2) is 0 Å². The van der Waals surface area contributed by atoms with Crippen LogP contribution < -0.4 is 9.47 Å². The topological polar surface area (TPSA) is 91.9 Å². The first kappa shape index (κ1) is 24.1. The molecule has 0 saturated carbocycles. The molecular formula is C29H25FN2O5. The van der Waals surface area contributed by atoms with Gasteiger partial charge in [-0.05, 0) is 60.5 Å². The van der Waals surface area contributed by atoms with Gasteiger partial charge in [0, 0.05) is 34.8 Å². The van der Waals surface area contributed by atoms with Crippen LogP contribution in [0.2, 0.25) is 0 Å². The predicted octanol–water partition coefficient (Wildman–Crippen LogP) is 4.99. The van der Waals surface area contributed by atoms with Crippen LogP contribution in [0.4, 0.5) is 4.39 Å². The van der Waals surface area contributed by atoms with Crippen molar-refractivity contribution in [1.82, 2.24) is 9.88 Å². The maximum Gasteiger partial charge on any atom is 0.295 e. The highest BCUT2D eigenvalue weighted by molar-refractivity contribution is 6.46. The number of methoxy groups -OCH3 is 2. The molecule has 2 heterocycles. The minimum Gasteiger partial charge on any atom is -0.507 e. The number of ketones is 1. The molecule has 1 aliphatic heterocycles. The predicted molar refractivity (Wildman–Crippen MR) is 137 cm³/mol. The Bertz CT molecular complexity index is 1520. The van der Waals surface area contributed by atoms with Gasteiger partial charge in [0.25, 0.3) is 11.7 Å². The second kappa shape index (κ2) is 9.81. The standard InChI is InChI=1S/C29H25FN2O5/c1-36-19-9-7-17(8-10-19)27(33)25-26(21-5-3-4-6-23(21)30)32(29(35)28(25)34)14-13-18-16-31-24-12-11-20(37-2)15-22(18)24/h3-12,15-16,26,31,33H,13-14H2,1-2H3/t26-/m1/s1. The van der Waals surface area contributed by atoms with E-state index >= 15 is 4.39 Å². The Morgan fingerprint density at radius 2 is 1.70 bits per heavy atom. The number of likely N-dealkylation sites (tertiary alicyclic amines) is 1. The summed E-state index contributed by atoms with van der Waals surface area (Å²) in [5, 5.41) is 12.1. The summed E-state index contributed by atoms with van der Waals surface area (Å²) in [5.41, 5.74) is 2.13. The van der Waals surface area contributed by atoms with Crippen molar-refractivity contribution in [3.63, 3.8) is 0 Å². The van der Waals surface area contributed by atoms with Crippen molar-refractivity contribution < 1.29 is 28.6 Å². The highest BCUT2D eigenvalue weighted by atomic mass is 19.1. The average Bonchev–Trinajstić information content (AvgIpc) is 3.44. The van der Waals surface area contributed by atoms with E-state index in [2.05, 4.69) is 4.98 Å². The number of Topliss-reactive ketones (excluding diaryl/α,β-unsaturated/α-hetero) is 1. The Labute approximate surface area is 212 Å². The highest BCUT2D eigenvalue weighted by Crippen LogP contribution is 2.40. The van der Waals surface area contributed by atoms with E-state index in [-0.39, 0.29) is 23.4 Å². The number of nitrogens with one attached hydrogen (secondary N) is 1. The van der Waals surface area contributed by atoms with E-state index in [1.165, 1.54) is 30.2 Å². The normalized spacial score (nSPS) is 16.9. The maximum atomic E-state index is 15.0. The van der Waals surface area contributed by atoms with Crippen molar-refractivity contribution in [2.75, 3.05) is 20.8 Å². The highest BCUT2D eigenvalue weighted by Gasteiger charge is 2.46. The van der Waals surface area contributed by atoms with Crippen LogP contribution in [0, 0.1) is 5.82 Å². The molecule has 1 amide bonds. The molecule has 188 valence electrons. The molecule has 0 aliphatic carbocycles. The third kappa shape index (κ3) is 4.31. The second-order valence-electron chi connectivity index (χ2n) is 8.72. The monoisotopic (exact) mass is 500 g/mol. The molecular weight excluding hydrogens is 475 g/mol. The molecule has 0 bridgehead atoms.